The molecule has 0 aliphatic rings. The van der Waals surface area contributed by atoms with Crippen LogP contribution < -0.4 is 5.32 Å². The molecule has 0 aliphatic carbocycles. The fraction of sp³-hybridized carbons (Fsp3) is 0.370. The third-order valence-corrected chi connectivity index (χ3v) is 8.41. The van der Waals surface area contributed by atoms with Gasteiger partial charge in [-0.1, -0.05) is 57.2 Å². The van der Waals surface area contributed by atoms with Gasteiger partial charge in [-0.2, -0.15) is 0 Å². The van der Waals surface area contributed by atoms with Crippen LogP contribution in [0, 0.1) is 5.41 Å². The summed E-state index contributed by atoms with van der Waals surface area (Å²) in [5, 5.41) is 9.55. The van der Waals surface area contributed by atoms with Crippen molar-refractivity contribution in [3.05, 3.63) is 65.3 Å². The van der Waals surface area contributed by atoms with Crippen LogP contribution in [0.25, 0.3) is 21.3 Å². The molecule has 0 aliphatic heterocycles. The number of hydrogen-bond donors (Lipinski definition) is 1. The lowest BCUT2D eigenvalue weighted by molar-refractivity contribution is -0.135. The Morgan fingerprint density at radius 1 is 1.07 bits per heavy atom. The molecule has 13 heteroatoms. The van der Waals surface area contributed by atoms with Crippen molar-refractivity contribution in [1.29, 1.82) is 0 Å². The van der Waals surface area contributed by atoms with Crippen LogP contribution in [-0.2, 0) is 25.9 Å². The molecule has 1 unspecified atom stereocenters. The molecule has 2 aromatic heterocycles. The van der Waals surface area contributed by atoms with E-state index >= 15 is 0 Å². The summed E-state index contributed by atoms with van der Waals surface area (Å²) >= 11 is 1.24. The number of ether oxygens (including phenoxy) is 1. The molecule has 2 amide bonds. The predicted octanol–water partition coefficient (Wildman–Crippen LogP) is 4.21. The van der Waals surface area contributed by atoms with Gasteiger partial charge in [-0.05, 0) is 23.3 Å². The summed E-state index contributed by atoms with van der Waals surface area (Å²) in [7, 11) is -0.712. The Morgan fingerprint density at radius 3 is 2.40 bits per heavy atom. The van der Waals surface area contributed by atoms with Gasteiger partial charge in [-0.15, -0.1) is 21.5 Å². The SMILES string of the molecule is CN(C)C(=O)O[C@H](C(=O)NCc1nnc(C(c2nc3ccc(-c4ccccc4)cc3s2)S(C)(=O)=O)o1)C(C)(C)C. The van der Waals surface area contributed by atoms with Crippen molar-refractivity contribution in [2.24, 2.45) is 5.41 Å². The smallest absolute Gasteiger partial charge is 0.410 e. The predicted molar refractivity (Wildman–Crippen MR) is 151 cm³/mol. The van der Waals surface area contributed by atoms with Crippen molar-refractivity contribution in [2.45, 2.75) is 38.7 Å². The molecule has 2 aromatic carbocycles. The average molecular weight is 586 g/mol. The Bertz CT molecular complexity index is 1620. The molecule has 4 rings (SSSR count). The normalized spacial score (nSPS) is 13.6. The van der Waals surface area contributed by atoms with Gasteiger partial charge >= 0.3 is 6.09 Å². The van der Waals surface area contributed by atoms with Crippen LogP contribution in [-0.4, -0.2) is 67.0 Å². The Hall–Kier alpha value is -3.84. The fourth-order valence-corrected chi connectivity index (χ4v) is 6.40. The van der Waals surface area contributed by atoms with Crippen molar-refractivity contribution < 1.29 is 27.2 Å². The van der Waals surface area contributed by atoms with Gasteiger partial charge in [0.05, 0.1) is 16.8 Å². The maximum Gasteiger partial charge on any atom is 0.410 e. The minimum atomic E-state index is -3.75. The molecule has 2 atom stereocenters. The summed E-state index contributed by atoms with van der Waals surface area (Å²) < 4.78 is 37.6. The van der Waals surface area contributed by atoms with Crippen molar-refractivity contribution in [2.75, 3.05) is 20.4 Å². The van der Waals surface area contributed by atoms with Gasteiger partial charge in [0.15, 0.2) is 21.2 Å². The van der Waals surface area contributed by atoms with E-state index < -0.39 is 38.6 Å². The van der Waals surface area contributed by atoms with E-state index in [4.69, 9.17) is 9.15 Å². The molecule has 40 heavy (non-hydrogen) atoms. The fourth-order valence-electron chi connectivity index (χ4n) is 3.87. The molecule has 2 heterocycles. The summed E-state index contributed by atoms with van der Waals surface area (Å²) in [4.78, 5) is 30.7. The molecule has 0 saturated carbocycles. The second kappa shape index (κ2) is 11.3. The van der Waals surface area contributed by atoms with E-state index in [-0.39, 0.29) is 18.3 Å². The zero-order valence-corrected chi connectivity index (χ0v) is 24.7. The van der Waals surface area contributed by atoms with Crippen LogP contribution >= 0.6 is 11.3 Å². The molecular formula is C27H31N5O6S2. The van der Waals surface area contributed by atoms with Crippen LogP contribution in [0.3, 0.4) is 0 Å². The molecule has 0 spiro atoms. The first-order valence-corrected chi connectivity index (χ1v) is 15.1. The van der Waals surface area contributed by atoms with Gasteiger partial charge in [0.1, 0.15) is 5.01 Å². The van der Waals surface area contributed by atoms with E-state index in [0.29, 0.717) is 10.5 Å². The standard InChI is InChI=1S/C27H31N5O6S2/c1-27(2,3)22(38-26(34)32(4)5)23(33)28-15-20-30-31-24(37-20)21(40(6,35)36)25-29-18-13-12-17(14-19(18)39-25)16-10-8-7-9-11-16/h7-14,21-22H,15H2,1-6H3,(H,28,33)/t21?,22-/m1/s1. The van der Waals surface area contributed by atoms with Crippen LogP contribution in [0.2, 0.25) is 0 Å². The quantitative estimate of drug-likeness (QED) is 0.321. The molecule has 0 bridgehead atoms. The molecule has 0 saturated heterocycles. The highest BCUT2D eigenvalue weighted by Crippen LogP contribution is 2.36. The van der Waals surface area contributed by atoms with Gasteiger partial charge in [0.25, 0.3) is 5.91 Å². The molecule has 0 radical (unpaired) electrons. The third-order valence-electron chi connectivity index (χ3n) is 5.89. The number of nitrogens with zero attached hydrogens (tertiary/aromatic N) is 4. The number of hydrogen-bond acceptors (Lipinski definition) is 10. The number of rotatable bonds is 8. The Balaban J connectivity index is 1.55. The molecule has 212 valence electrons. The second-order valence-electron chi connectivity index (χ2n) is 10.6. The van der Waals surface area contributed by atoms with Gasteiger partial charge < -0.3 is 19.4 Å². The van der Waals surface area contributed by atoms with Crippen LogP contribution in [0.15, 0.2) is 52.9 Å². The van der Waals surface area contributed by atoms with E-state index in [9.17, 15) is 18.0 Å². The van der Waals surface area contributed by atoms with Crippen LogP contribution in [0.4, 0.5) is 4.79 Å². The lowest BCUT2D eigenvalue weighted by Crippen LogP contribution is -2.46. The molecular weight excluding hydrogens is 554 g/mol. The number of fused-ring (bicyclic) bond motifs is 1. The van der Waals surface area contributed by atoms with E-state index in [1.807, 2.05) is 48.5 Å². The van der Waals surface area contributed by atoms with E-state index in [1.165, 1.54) is 30.3 Å². The lowest BCUT2D eigenvalue weighted by Gasteiger charge is -2.29. The van der Waals surface area contributed by atoms with Crippen molar-refractivity contribution in [3.63, 3.8) is 0 Å². The summed E-state index contributed by atoms with van der Waals surface area (Å²) in [5.74, 6) is -0.709. The zero-order chi connectivity index (χ0) is 29.2. The average Bonchev–Trinajstić information content (AvgIpc) is 3.51. The zero-order valence-electron chi connectivity index (χ0n) is 23.0. The van der Waals surface area contributed by atoms with Gasteiger partial charge in [-0.25, -0.2) is 18.2 Å². The highest BCUT2D eigenvalue weighted by atomic mass is 32.2. The maximum atomic E-state index is 12.9. The minimum Gasteiger partial charge on any atom is -0.435 e. The number of benzene rings is 2. The first kappa shape index (κ1) is 29.2. The monoisotopic (exact) mass is 585 g/mol. The van der Waals surface area contributed by atoms with Crippen LogP contribution in [0.1, 0.15) is 42.8 Å². The van der Waals surface area contributed by atoms with Gasteiger partial charge in [0, 0.05) is 25.8 Å². The van der Waals surface area contributed by atoms with Crippen molar-refractivity contribution in [3.8, 4) is 11.1 Å². The summed E-state index contributed by atoms with van der Waals surface area (Å²) in [6.07, 6.45) is -0.660. The maximum absolute atomic E-state index is 12.9. The topological polar surface area (TPSA) is 145 Å². The number of sulfone groups is 1. The number of amides is 2. The van der Waals surface area contributed by atoms with Gasteiger partial charge in [0.2, 0.25) is 11.8 Å². The highest BCUT2D eigenvalue weighted by molar-refractivity contribution is 7.91. The summed E-state index contributed by atoms with van der Waals surface area (Å²) in [5.41, 5.74) is 1.98. The summed E-state index contributed by atoms with van der Waals surface area (Å²) in [6, 6.07) is 15.6. The molecule has 11 nitrogen and oxygen atoms in total. The largest absolute Gasteiger partial charge is 0.435 e. The molecule has 4 aromatic rings. The highest BCUT2D eigenvalue weighted by Gasteiger charge is 2.36. The Kier molecular flexibility index (Phi) is 8.26. The number of thiazole rings is 1. The van der Waals surface area contributed by atoms with Crippen LogP contribution in [0.5, 0.6) is 0 Å². The Morgan fingerprint density at radius 2 is 1.77 bits per heavy atom. The number of aromatic nitrogens is 3. The Labute approximate surface area is 236 Å². The van der Waals surface area contributed by atoms with Gasteiger partial charge in [-0.3, -0.25) is 4.79 Å². The first-order valence-electron chi connectivity index (χ1n) is 12.4. The van der Waals surface area contributed by atoms with E-state index in [1.54, 1.807) is 20.8 Å². The number of carbonyl (C=O) groups is 2. The first-order chi connectivity index (χ1) is 18.7. The number of nitrogens with one attached hydrogen (secondary N) is 1. The van der Waals surface area contributed by atoms with Crippen molar-refractivity contribution >= 4 is 43.4 Å². The molecule has 0 fully saturated rings. The second-order valence-corrected chi connectivity index (χ2v) is 13.8. The number of carbonyl (C=O) groups excluding carboxylic acids is 2. The molecule has 1 N–H and O–H groups in total. The third kappa shape index (κ3) is 6.65. The van der Waals surface area contributed by atoms with Crippen molar-refractivity contribution in [1.82, 2.24) is 25.4 Å². The summed E-state index contributed by atoms with van der Waals surface area (Å²) in [6.45, 7) is 5.11. The van der Waals surface area contributed by atoms with E-state index in [2.05, 4.69) is 20.5 Å². The van der Waals surface area contributed by atoms with E-state index in [0.717, 1.165) is 22.1 Å². The lowest BCUT2D eigenvalue weighted by atomic mass is 9.88. The minimum absolute atomic E-state index is 0.00364.